The summed E-state index contributed by atoms with van der Waals surface area (Å²) in [5, 5.41) is 2.68. The number of carbonyl (C=O) groups excluding carboxylic acids is 1. The number of piperazine rings is 1. The second kappa shape index (κ2) is 9.02. The SMILES string of the molecule is CC(C)c1ccc(S(=O)(=O)N2CC[NH+](CC(=O)Nc3cccc(F)c3)CC2)cc1. The maximum absolute atomic E-state index is 13.2. The molecule has 0 radical (unpaired) electrons. The first-order valence-corrected chi connectivity index (χ1v) is 11.2. The average Bonchev–Trinajstić information content (AvgIpc) is 2.68. The van der Waals surface area contributed by atoms with Crippen molar-refractivity contribution in [1.29, 1.82) is 0 Å². The molecule has 0 aliphatic carbocycles. The molecule has 1 fully saturated rings. The summed E-state index contributed by atoms with van der Waals surface area (Å²) in [5.74, 6) is -0.279. The van der Waals surface area contributed by atoms with Crippen molar-refractivity contribution in [2.75, 3.05) is 38.0 Å². The number of rotatable bonds is 6. The lowest BCUT2D eigenvalue weighted by Crippen LogP contribution is -3.15. The number of nitrogens with one attached hydrogen (secondary N) is 2. The van der Waals surface area contributed by atoms with E-state index < -0.39 is 15.8 Å². The van der Waals surface area contributed by atoms with E-state index in [-0.39, 0.29) is 12.5 Å². The van der Waals surface area contributed by atoms with Gasteiger partial charge in [-0.05, 0) is 41.8 Å². The van der Waals surface area contributed by atoms with Crippen LogP contribution in [0.5, 0.6) is 0 Å². The third kappa shape index (κ3) is 5.41. The number of sulfonamides is 1. The van der Waals surface area contributed by atoms with Crippen LogP contribution in [0.3, 0.4) is 0 Å². The summed E-state index contributed by atoms with van der Waals surface area (Å²) in [5.41, 5.74) is 1.52. The Morgan fingerprint density at radius 2 is 1.79 bits per heavy atom. The minimum atomic E-state index is -3.53. The summed E-state index contributed by atoms with van der Waals surface area (Å²) in [6.07, 6.45) is 0. The van der Waals surface area contributed by atoms with Gasteiger partial charge in [-0.25, -0.2) is 12.8 Å². The zero-order valence-corrected chi connectivity index (χ0v) is 17.5. The molecule has 0 saturated carbocycles. The van der Waals surface area contributed by atoms with Gasteiger partial charge in [-0.3, -0.25) is 4.79 Å². The maximum atomic E-state index is 13.2. The topological polar surface area (TPSA) is 70.9 Å². The number of hydrogen-bond donors (Lipinski definition) is 2. The van der Waals surface area contributed by atoms with Crippen LogP contribution >= 0.6 is 0 Å². The van der Waals surface area contributed by atoms with Crippen LogP contribution in [0.1, 0.15) is 25.3 Å². The molecule has 2 N–H and O–H groups in total. The van der Waals surface area contributed by atoms with Gasteiger partial charge in [0.2, 0.25) is 10.0 Å². The molecule has 1 aliphatic rings. The lowest BCUT2D eigenvalue weighted by atomic mass is 10.0. The lowest BCUT2D eigenvalue weighted by molar-refractivity contribution is -0.895. The fourth-order valence-corrected chi connectivity index (χ4v) is 4.83. The van der Waals surface area contributed by atoms with Crippen LogP contribution in [0.4, 0.5) is 10.1 Å². The van der Waals surface area contributed by atoms with Gasteiger partial charge in [0.05, 0.1) is 31.1 Å². The molecule has 1 heterocycles. The van der Waals surface area contributed by atoms with Gasteiger partial charge in [0.1, 0.15) is 5.82 Å². The molecule has 1 saturated heterocycles. The number of hydrogen-bond acceptors (Lipinski definition) is 3. The quantitative estimate of drug-likeness (QED) is 0.744. The molecule has 0 aromatic heterocycles. The molecule has 2 aromatic carbocycles. The second-order valence-electron chi connectivity index (χ2n) is 7.61. The Morgan fingerprint density at radius 3 is 2.38 bits per heavy atom. The molecule has 2 aromatic rings. The van der Waals surface area contributed by atoms with E-state index in [1.807, 2.05) is 12.1 Å². The van der Waals surface area contributed by atoms with E-state index in [0.29, 0.717) is 42.7 Å². The van der Waals surface area contributed by atoms with Crippen molar-refractivity contribution in [2.45, 2.75) is 24.7 Å². The van der Waals surface area contributed by atoms with E-state index in [1.165, 1.54) is 22.5 Å². The molecule has 1 amide bonds. The van der Waals surface area contributed by atoms with Crippen molar-refractivity contribution in [1.82, 2.24) is 4.31 Å². The molecule has 6 nitrogen and oxygen atoms in total. The molecule has 29 heavy (non-hydrogen) atoms. The van der Waals surface area contributed by atoms with Gasteiger partial charge in [0.15, 0.2) is 6.54 Å². The van der Waals surface area contributed by atoms with Gasteiger partial charge >= 0.3 is 0 Å². The zero-order valence-electron chi connectivity index (χ0n) is 16.7. The molecule has 0 bridgehead atoms. The molecule has 8 heteroatoms. The third-order valence-corrected chi connectivity index (χ3v) is 7.05. The number of halogens is 1. The van der Waals surface area contributed by atoms with Crippen LogP contribution in [0.2, 0.25) is 0 Å². The van der Waals surface area contributed by atoms with Crippen LogP contribution in [-0.2, 0) is 14.8 Å². The monoisotopic (exact) mass is 420 g/mol. The highest BCUT2D eigenvalue weighted by molar-refractivity contribution is 7.89. The molecular weight excluding hydrogens is 393 g/mol. The molecule has 0 unspecified atom stereocenters. The zero-order chi connectivity index (χ0) is 21.0. The average molecular weight is 421 g/mol. The number of carbonyl (C=O) groups is 1. The van der Waals surface area contributed by atoms with E-state index in [9.17, 15) is 17.6 Å². The Morgan fingerprint density at radius 1 is 1.14 bits per heavy atom. The van der Waals surface area contributed by atoms with E-state index >= 15 is 0 Å². The minimum absolute atomic E-state index is 0.216. The highest BCUT2D eigenvalue weighted by Gasteiger charge is 2.31. The lowest BCUT2D eigenvalue weighted by Gasteiger charge is -2.31. The molecular formula is C21H27FN3O3S+. The predicted molar refractivity (Wildman–Crippen MR) is 110 cm³/mol. The molecule has 0 atom stereocenters. The van der Waals surface area contributed by atoms with Crippen molar-refractivity contribution in [2.24, 2.45) is 0 Å². The summed E-state index contributed by atoms with van der Waals surface area (Å²) < 4.78 is 40.4. The van der Waals surface area contributed by atoms with Gasteiger partial charge < -0.3 is 10.2 Å². The Kier molecular flexibility index (Phi) is 6.66. The Labute approximate surface area is 171 Å². The minimum Gasteiger partial charge on any atom is -0.325 e. The van der Waals surface area contributed by atoms with Crippen LogP contribution in [0, 0.1) is 5.82 Å². The Bertz CT molecular complexity index is 953. The number of benzene rings is 2. The Hall–Kier alpha value is -2.29. The molecule has 1 aliphatic heterocycles. The Balaban J connectivity index is 1.54. The smallest absolute Gasteiger partial charge is 0.279 e. The summed E-state index contributed by atoms with van der Waals surface area (Å²) in [4.78, 5) is 13.5. The van der Waals surface area contributed by atoms with E-state index in [1.54, 1.807) is 18.2 Å². The first-order valence-electron chi connectivity index (χ1n) is 9.75. The van der Waals surface area contributed by atoms with Crippen molar-refractivity contribution in [3.05, 3.63) is 59.9 Å². The fourth-order valence-electron chi connectivity index (χ4n) is 3.39. The summed E-state index contributed by atoms with van der Waals surface area (Å²) in [6.45, 7) is 6.15. The standard InChI is InChI=1S/C21H26FN3O3S/c1-16(2)17-6-8-20(9-7-17)29(27,28)25-12-10-24(11-13-25)15-21(26)23-19-5-3-4-18(22)14-19/h3-9,14,16H,10-13,15H2,1-2H3,(H,23,26)/p+1. The number of amides is 1. The molecule has 156 valence electrons. The van der Waals surface area contributed by atoms with Gasteiger partial charge in [-0.1, -0.05) is 32.0 Å². The van der Waals surface area contributed by atoms with Gasteiger partial charge in [0, 0.05) is 5.69 Å². The predicted octanol–water partition coefficient (Wildman–Crippen LogP) is 1.48. The second-order valence-corrected chi connectivity index (χ2v) is 9.55. The van der Waals surface area contributed by atoms with Crippen molar-refractivity contribution < 1.29 is 22.5 Å². The third-order valence-electron chi connectivity index (χ3n) is 5.13. The van der Waals surface area contributed by atoms with E-state index in [0.717, 1.165) is 10.5 Å². The number of nitrogens with zero attached hydrogens (tertiary/aromatic N) is 1. The van der Waals surface area contributed by atoms with Crippen LogP contribution in [0.25, 0.3) is 0 Å². The first kappa shape index (κ1) is 21.4. The largest absolute Gasteiger partial charge is 0.325 e. The van der Waals surface area contributed by atoms with Crippen molar-refractivity contribution in [3.8, 4) is 0 Å². The first-order chi connectivity index (χ1) is 13.8. The number of quaternary nitrogens is 1. The normalized spacial score (nSPS) is 16.1. The van der Waals surface area contributed by atoms with E-state index in [2.05, 4.69) is 19.2 Å². The summed E-state index contributed by atoms with van der Waals surface area (Å²) in [7, 11) is -3.53. The summed E-state index contributed by atoms with van der Waals surface area (Å²) in [6, 6.07) is 12.8. The van der Waals surface area contributed by atoms with Crippen LogP contribution in [0.15, 0.2) is 53.4 Å². The van der Waals surface area contributed by atoms with Crippen LogP contribution < -0.4 is 10.2 Å². The van der Waals surface area contributed by atoms with Crippen molar-refractivity contribution >= 4 is 21.6 Å². The highest BCUT2D eigenvalue weighted by Crippen LogP contribution is 2.20. The van der Waals surface area contributed by atoms with Gasteiger partial charge in [-0.2, -0.15) is 4.31 Å². The highest BCUT2D eigenvalue weighted by atomic mass is 32.2. The van der Waals surface area contributed by atoms with E-state index in [4.69, 9.17) is 0 Å². The fraction of sp³-hybridized carbons (Fsp3) is 0.381. The maximum Gasteiger partial charge on any atom is 0.279 e. The van der Waals surface area contributed by atoms with Gasteiger partial charge in [-0.15, -0.1) is 0 Å². The van der Waals surface area contributed by atoms with Crippen molar-refractivity contribution in [3.63, 3.8) is 0 Å². The van der Waals surface area contributed by atoms with Gasteiger partial charge in [0.25, 0.3) is 5.91 Å². The number of anilines is 1. The molecule has 3 rings (SSSR count). The molecule has 0 spiro atoms. The summed E-state index contributed by atoms with van der Waals surface area (Å²) >= 11 is 0. The van der Waals surface area contributed by atoms with Crippen LogP contribution in [-0.4, -0.2) is 51.4 Å².